The van der Waals surface area contributed by atoms with Gasteiger partial charge in [0, 0.05) is 11.1 Å². The number of nitrogen functional groups attached to an aromatic ring is 1. The first-order chi connectivity index (χ1) is 10.9. The first-order valence-electron chi connectivity index (χ1n) is 6.44. The molecule has 0 unspecified atom stereocenters. The number of benzene rings is 1. The van der Waals surface area contributed by atoms with Crippen LogP contribution < -0.4 is 16.2 Å². The number of nitrogens with one attached hydrogen (secondary N) is 1. The van der Waals surface area contributed by atoms with Crippen LogP contribution in [0.2, 0.25) is 0 Å². The Bertz CT molecular complexity index is 888. The summed E-state index contributed by atoms with van der Waals surface area (Å²) < 4.78 is 0. The molecular weight excluding hydrogens is 336 g/mol. The molecule has 0 spiro atoms. The molecule has 0 aliphatic heterocycles. The largest absolute Gasteiger partial charge is 0.872 e. The van der Waals surface area contributed by atoms with E-state index in [0.29, 0.717) is 16.0 Å². The third-order valence-corrected chi connectivity index (χ3v) is 4.78. The lowest BCUT2D eigenvalue weighted by atomic mass is 10.2. The number of thiazole rings is 2. The SMILES string of the molecule is Cc1nc(N)sc1-c1csc(Nc2ccc([O-])c(C(=O)O)c2)n1. The molecule has 3 rings (SSSR count). The minimum atomic E-state index is -1.26. The Morgan fingerprint density at radius 3 is 2.83 bits per heavy atom. The Morgan fingerprint density at radius 2 is 2.17 bits per heavy atom. The maximum atomic E-state index is 11.5. The number of aryl methyl sites for hydroxylation is 1. The summed E-state index contributed by atoms with van der Waals surface area (Å²) >= 11 is 2.73. The van der Waals surface area contributed by atoms with Gasteiger partial charge in [0.25, 0.3) is 0 Å². The fraction of sp³-hybridized carbons (Fsp3) is 0.0714. The Balaban J connectivity index is 1.86. The van der Waals surface area contributed by atoms with E-state index < -0.39 is 11.7 Å². The summed E-state index contributed by atoms with van der Waals surface area (Å²) in [5.41, 5.74) is 7.46. The van der Waals surface area contributed by atoms with Gasteiger partial charge in [-0.1, -0.05) is 23.2 Å². The van der Waals surface area contributed by atoms with E-state index in [4.69, 9.17) is 10.8 Å². The summed E-state index contributed by atoms with van der Waals surface area (Å²) in [6.07, 6.45) is 0. The lowest BCUT2D eigenvalue weighted by Crippen LogP contribution is -2.04. The molecule has 0 fully saturated rings. The van der Waals surface area contributed by atoms with Crippen LogP contribution in [0, 0.1) is 6.92 Å². The molecule has 118 valence electrons. The van der Waals surface area contributed by atoms with Crippen molar-refractivity contribution in [2.45, 2.75) is 6.92 Å². The molecule has 0 radical (unpaired) electrons. The van der Waals surface area contributed by atoms with Crippen LogP contribution >= 0.6 is 22.7 Å². The fourth-order valence-electron chi connectivity index (χ4n) is 1.99. The summed E-state index contributed by atoms with van der Waals surface area (Å²) in [5.74, 6) is -1.78. The van der Waals surface area contributed by atoms with Crippen molar-refractivity contribution in [3.05, 3.63) is 34.8 Å². The van der Waals surface area contributed by atoms with Gasteiger partial charge in [0.05, 0.1) is 21.8 Å². The number of carboxylic acids is 1. The van der Waals surface area contributed by atoms with Crippen molar-refractivity contribution in [1.82, 2.24) is 9.97 Å². The average Bonchev–Trinajstić information content (AvgIpc) is 3.07. The number of rotatable bonds is 4. The second kappa shape index (κ2) is 5.86. The number of aromatic nitrogens is 2. The van der Waals surface area contributed by atoms with Gasteiger partial charge in [0.2, 0.25) is 0 Å². The number of carboxylic acid groups (broad SMARTS) is 1. The molecule has 9 heteroatoms. The van der Waals surface area contributed by atoms with Gasteiger partial charge < -0.3 is 21.3 Å². The number of nitrogens with two attached hydrogens (primary N) is 1. The van der Waals surface area contributed by atoms with E-state index in [9.17, 15) is 9.90 Å². The summed E-state index contributed by atoms with van der Waals surface area (Å²) in [7, 11) is 0. The third-order valence-electron chi connectivity index (χ3n) is 3.01. The van der Waals surface area contributed by atoms with Crippen molar-refractivity contribution in [2.24, 2.45) is 0 Å². The highest BCUT2D eigenvalue weighted by Crippen LogP contribution is 2.34. The predicted octanol–water partition coefficient (Wildman–Crippen LogP) is 2.67. The van der Waals surface area contributed by atoms with Crippen LogP contribution in [0.4, 0.5) is 16.0 Å². The molecule has 0 bridgehead atoms. The van der Waals surface area contributed by atoms with Crippen LogP contribution in [0.15, 0.2) is 23.6 Å². The molecule has 0 aliphatic rings. The van der Waals surface area contributed by atoms with Crippen LogP contribution in [-0.2, 0) is 0 Å². The Kier molecular flexibility index (Phi) is 3.89. The van der Waals surface area contributed by atoms with E-state index in [1.165, 1.54) is 40.9 Å². The molecule has 2 heterocycles. The van der Waals surface area contributed by atoms with Gasteiger partial charge in [-0.25, -0.2) is 14.8 Å². The molecule has 23 heavy (non-hydrogen) atoms. The van der Waals surface area contributed by atoms with Gasteiger partial charge in [-0.3, -0.25) is 0 Å². The normalized spacial score (nSPS) is 10.7. The van der Waals surface area contributed by atoms with Crippen molar-refractivity contribution < 1.29 is 15.0 Å². The van der Waals surface area contributed by atoms with E-state index in [0.717, 1.165) is 16.3 Å². The maximum absolute atomic E-state index is 11.5. The number of hydrogen-bond donors (Lipinski definition) is 3. The van der Waals surface area contributed by atoms with Crippen LogP contribution in [0.3, 0.4) is 0 Å². The zero-order chi connectivity index (χ0) is 16.6. The second-order valence-corrected chi connectivity index (χ2v) is 6.53. The van der Waals surface area contributed by atoms with E-state index in [2.05, 4.69) is 15.3 Å². The van der Waals surface area contributed by atoms with Crippen LogP contribution in [-0.4, -0.2) is 21.0 Å². The number of carbonyl (C=O) groups is 1. The minimum absolute atomic E-state index is 0.280. The number of aromatic carboxylic acids is 1. The smallest absolute Gasteiger partial charge is 0.335 e. The molecular formula is C14H11N4O3S2-. The van der Waals surface area contributed by atoms with Gasteiger partial charge in [-0.15, -0.1) is 11.3 Å². The van der Waals surface area contributed by atoms with Crippen molar-refractivity contribution in [1.29, 1.82) is 0 Å². The highest BCUT2D eigenvalue weighted by atomic mass is 32.1. The van der Waals surface area contributed by atoms with Crippen molar-refractivity contribution >= 4 is 44.6 Å². The van der Waals surface area contributed by atoms with Crippen molar-refractivity contribution in [3.63, 3.8) is 0 Å². The zero-order valence-electron chi connectivity index (χ0n) is 11.9. The Hall–Kier alpha value is -2.65. The molecule has 7 nitrogen and oxygen atoms in total. The zero-order valence-corrected chi connectivity index (χ0v) is 13.5. The van der Waals surface area contributed by atoms with Crippen molar-refractivity contribution in [2.75, 3.05) is 11.1 Å². The Labute approximate surface area is 139 Å². The second-order valence-electron chi connectivity index (χ2n) is 4.65. The van der Waals surface area contributed by atoms with Gasteiger partial charge in [0.1, 0.15) is 0 Å². The van der Waals surface area contributed by atoms with Gasteiger partial charge in [-0.2, -0.15) is 0 Å². The molecule has 3 aromatic rings. The van der Waals surface area contributed by atoms with E-state index in [1.54, 1.807) is 0 Å². The van der Waals surface area contributed by atoms with Crippen LogP contribution in [0.1, 0.15) is 16.1 Å². The average molecular weight is 347 g/mol. The van der Waals surface area contributed by atoms with E-state index >= 15 is 0 Å². The highest BCUT2D eigenvalue weighted by molar-refractivity contribution is 7.19. The first kappa shape index (κ1) is 15.3. The fourth-order valence-corrected chi connectivity index (χ4v) is 3.58. The number of anilines is 3. The number of hydrogen-bond acceptors (Lipinski definition) is 8. The lowest BCUT2D eigenvalue weighted by molar-refractivity contribution is -0.268. The topological polar surface area (TPSA) is 124 Å². The van der Waals surface area contributed by atoms with E-state index in [-0.39, 0.29) is 5.56 Å². The van der Waals surface area contributed by atoms with Crippen LogP contribution in [0.5, 0.6) is 5.75 Å². The monoisotopic (exact) mass is 347 g/mol. The summed E-state index contributed by atoms with van der Waals surface area (Å²) in [6, 6.07) is 4.03. The lowest BCUT2D eigenvalue weighted by Gasteiger charge is -2.11. The standard InChI is InChI=1S/C14H12N4O3S2/c1-6-11(23-13(15)16-6)9-5-22-14(18-9)17-7-2-3-10(19)8(4-7)12(20)21/h2-5,19H,1H3,(H2,15,16)(H,17,18)(H,20,21)/p-1. The molecule has 0 saturated heterocycles. The van der Waals surface area contributed by atoms with Crippen LogP contribution in [0.25, 0.3) is 10.6 Å². The van der Waals surface area contributed by atoms with Crippen molar-refractivity contribution in [3.8, 4) is 16.3 Å². The van der Waals surface area contributed by atoms with Gasteiger partial charge >= 0.3 is 5.97 Å². The molecule has 1 aromatic carbocycles. The maximum Gasteiger partial charge on any atom is 0.335 e. The van der Waals surface area contributed by atoms with Gasteiger partial charge in [-0.05, 0) is 19.1 Å². The summed E-state index contributed by atoms with van der Waals surface area (Å²) in [4.78, 5) is 20.5. The van der Waals surface area contributed by atoms with E-state index in [1.807, 2.05) is 12.3 Å². The minimum Gasteiger partial charge on any atom is -0.872 e. The molecule has 0 aliphatic carbocycles. The molecule has 0 amide bonds. The first-order valence-corrected chi connectivity index (χ1v) is 8.14. The highest BCUT2D eigenvalue weighted by Gasteiger charge is 2.12. The third kappa shape index (κ3) is 3.10. The predicted molar refractivity (Wildman–Crippen MR) is 88.5 cm³/mol. The Morgan fingerprint density at radius 1 is 1.39 bits per heavy atom. The number of nitrogens with zero attached hydrogens (tertiary/aromatic N) is 2. The summed E-state index contributed by atoms with van der Waals surface area (Å²) in [5, 5.41) is 26.4. The molecule has 4 N–H and O–H groups in total. The molecule has 2 aromatic heterocycles. The summed E-state index contributed by atoms with van der Waals surface area (Å²) in [6.45, 7) is 1.86. The quantitative estimate of drug-likeness (QED) is 0.662. The molecule has 0 atom stereocenters. The van der Waals surface area contributed by atoms with Gasteiger partial charge in [0.15, 0.2) is 10.3 Å². The molecule has 0 saturated carbocycles.